The Labute approximate surface area is 179 Å². The number of ether oxygens (including phenoxy) is 1. The van der Waals surface area contributed by atoms with Gasteiger partial charge in [-0.05, 0) is 60.7 Å². The highest BCUT2D eigenvalue weighted by molar-refractivity contribution is 7.89. The van der Waals surface area contributed by atoms with Crippen LogP contribution in [0.3, 0.4) is 0 Å². The van der Waals surface area contributed by atoms with E-state index in [2.05, 4.69) is 10.3 Å². The van der Waals surface area contributed by atoms with Crippen molar-refractivity contribution in [3.05, 3.63) is 65.7 Å². The van der Waals surface area contributed by atoms with Crippen LogP contribution in [0.4, 0.5) is 11.4 Å². The standard InChI is InChI=1S/C20H16ClN3O3S.ClH/c1-27-14-5-9-18-17(11-14)20(16-8-2-12(21)10-19(16)24-18)23-13-3-6-15(7-4-13)28(22,25)26;/h2-11H,1H3,(H,23,24)(H2,22,25,26);1H. The molecule has 0 saturated heterocycles. The van der Waals surface area contributed by atoms with E-state index in [1.54, 1.807) is 31.4 Å². The Morgan fingerprint density at radius 2 is 1.69 bits per heavy atom. The molecule has 0 spiro atoms. The largest absolute Gasteiger partial charge is 0.497 e. The lowest BCUT2D eigenvalue weighted by Gasteiger charge is -2.14. The highest BCUT2D eigenvalue weighted by Crippen LogP contribution is 2.36. The summed E-state index contributed by atoms with van der Waals surface area (Å²) in [6.07, 6.45) is 0. The van der Waals surface area contributed by atoms with Crippen LogP contribution in [0.15, 0.2) is 65.6 Å². The SMILES string of the molecule is COc1ccc2nc3cc(Cl)ccc3c(Nc3ccc(S(N)(=O)=O)cc3)c2c1.Cl. The van der Waals surface area contributed by atoms with Crippen LogP contribution in [-0.2, 0) is 10.0 Å². The number of benzene rings is 3. The van der Waals surface area contributed by atoms with Gasteiger partial charge >= 0.3 is 0 Å². The second-order valence-electron chi connectivity index (χ2n) is 6.23. The number of nitrogens with zero attached hydrogens (tertiary/aromatic N) is 1. The van der Waals surface area contributed by atoms with Crippen molar-refractivity contribution in [3.63, 3.8) is 0 Å². The number of fused-ring (bicyclic) bond motifs is 2. The Morgan fingerprint density at radius 1 is 0.966 bits per heavy atom. The Bertz CT molecular complexity index is 1310. The monoisotopic (exact) mass is 449 g/mol. The van der Waals surface area contributed by atoms with E-state index in [1.165, 1.54) is 12.1 Å². The van der Waals surface area contributed by atoms with Crippen molar-refractivity contribution in [3.8, 4) is 5.75 Å². The zero-order valence-corrected chi connectivity index (χ0v) is 17.6. The fraction of sp³-hybridized carbons (Fsp3) is 0.0500. The molecule has 150 valence electrons. The zero-order valence-electron chi connectivity index (χ0n) is 15.2. The average Bonchev–Trinajstić information content (AvgIpc) is 2.67. The molecule has 0 saturated carbocycles. The summed E-state index contributed by atoms with van der Waals surface area (Å²) in [5, 5.41) is 10.9. The van der Waals surface area contributed by atoms with Gasteiger partial charge in [-0.1, -0.05) is 11.6 Å². The van der Waals surface area contributed by atoms with Gasteiger partial charge in [0.15, 0.2) is 0 Å². The summed E-state index contributed by atoms with van der Waals surface area (Å²) in [4.78, 5) is 4.74. The highest BCUT2D eigenvalue weighted by atomic mass is 35.5. The Kier molecular flexibility index (Phi) is 5.86. The van der Waals surface area contributed by atoms with Gasteiger partial charge in [0.1, 0.15) is 5.75 Å². The predicted molar refractivity (Wildman–Crippen MR) is 119 cm³/mol. The molecule has 6 nitrogen and oxygen atoms in total. The van der Waals surface area contributed by atoms with Gasteiger partial charge in [0, 0.05) is 21.5 Å². The van der Waals surface area contributed by atoms with E-state index in [4.69, 9.17) is 21.5 Å². The minimum absolute atomic E-state index is 0. The second-order valence-corrected chi connectivity index (χ2v) is 8.22. The second kappa shape index (κ2) is 8.04. The van der Waals surface area contributed by atoms with E-state index in [9.17, 15) is 8.42 Å². The van der Waals surface area contributed by atoms with Crippen LogP contribution in [0.1, 0.15) is 0 Å². The molecule has 9 heteroatoms. The van der Waals surface area contributed by atoms with E-state index in [1.807, 2.05) is 24.3 Å². The van der Waals surface area contributed by atoms with Crippen molar-refractivity contribution in [2.75, 3.05) is 12.4 Å². The molecule has 0 atom stereocenters. The van der Waals surface area contributed by atoms with Crippen molar-refractivity contribution in [2.45, 2.75) is 4.90 Å². The molecule has 4 rings (SSSR count). The number of nitrogens with two attached hydrogens (primary N) is 1. The van der Waals surface area contributed by atoms with Gasteiger partial charge in [-0.25, -0.2) is 18.5 Å². The molecule has 0 radical (unpaired) electrons. The first-order chi connectivity index (χ1) is 13.3. The maximum atomic E-state index is 11.5. The number of nitrogens with one attached hydrogen (secondary N) is 1. The van der Waals surface area contributed by atoms with Crippen molar-refractivity contribution < 1.29 is 13.2 Å². The maximum absolute atomic E-state index is 11.5. The molecular weight excluding hydrogens is 433 g/mol. The van der Waals surface area contributed by atoms with Crippen LogP contribution < -0.4 is 15.2 Å². The van der Waals surface area contributed by atoms with E-state index in [-0.39, 0.29) is 17.3 Å². The molecule has 0 aliphatic heterocycles. The third-order valence-corrected chi connectivity index (χ3v) is 5.56. The molecule has 3 N–H and O–H groups in total. The van der Waals surface area contributed by atoms with Gasteiger partial charge in [0.25, 0.3) is 0 Å². The fourth-order valence-electron chi connectivity index (χ4n) is 3.03. The lowest BCUT2D eigenvalue weighted by molar-refractivity contribution is 0.415. The van der Waals surface area contributed by atoms with E-state index >= 15 is 0 Å². The van der Waals surface area contributed by atoms with Crippen LogP contribution in [0.25, 0.3) is 21.8 Å². The molecule has 0 aliphatic rings. The zero-order chi connectivity index (χ0) is 19.9. The minimum Gasteiger partial charge on any atom is -0.497 e. The van der Waals surface area contributed by atoms with Crippen LogP contribution in [0, 0.1) is 0 Å². The summed E-state index contributed by atoms with van der Waals surface area (Å²) in [5.74, 6) is 0.704. The van der Waals surface area contributed by atoms with Crippen LogP contribution >= 0.6 is 24.0 Å². The number of anilines is 2. The Balaban J connectivity index is 0.00000240. The maximum Gasteiger partial charge on any atom is 0.238 e. The average molecular weight is 450 g/mol. The molecule has 0 aliphatic carbocycles. The third kappa shape index (κ3) is 4.23. The van der Waals surface area contributed by atoms with Crippen LogP contribution in [0.2, 0.25) is 5.02 Å². The number of hydrogen-bond acceptors (Lipinski definition) is 5. The van der Waals surface area contributed by atoms with E-state index in [0.717, 1.165) is 27.5 Å². The molecule has 1 heterocycles. The van der Waals surface area contributed by atoms with Crippen molar-refractivity contribution in [1.29, 1.82) is 0 Å². The van der Waals surface area contributed by atoms with Gasteiger partial charge < -0.3 is 10.1 Å². The van der Waals surface area contributed by atoms with Gasteiger partial charge in [0.2, 0.25) is 10.0 Å². The highest BCUT2D eigenvalue weighted by Gasteiger charge is 2.12. The summed E-state index contributed by atoms with van der Waals surface area (Å²) in [7, 11) is -2.14. The normalized spacial score (nSPS) is 11.3. The van der Waals surface area contributed by atoms with Crippen molar-refractivity contribution >= 4 is 67.2 Å². The van der Waals surface area contributed by atoms with Gasteiger partial charge in [-0.15, -0.1) is 12.4 Å². The predicted octanol–water partition coefficient (Wildman–Crippen LogP) is 4.86. The number of rotatable bonds is 4. The van der Waals surface area contributed by atoms with E-state index in [0.29, 0.717) is 16.5 Å². The quantitative estimate of drug-likeness (QED) is 0.433. The molecule has 29 heavy (non-hydrogen) atoms. The van der Waals surface area contributed by atoms with Crippen molar-refractivity contribution in [2.24, 2.45) is 5.14 Å². The Morgan fingerprint density at radius 3 is 2.34 bits per heavy atom. The first kappa shape index (κ1) is 21.1. The van der Waals surface area contributed by atoms with Gasteiger partial charge in [-0.2, -0.15) is 0 Å². The van der Waals surface area contributed by atoms with Gasteiger partial charge in [0.05, 0.1) is 28.7 Å². The topological polar surface area (TPSA) is 94.3 Å². The summed E-state index contributed by atoms with van der Waals surface area (Å²) in [5.41, 5.74) is 3.05. The summed E-state index contributed by atoms with van der Waals surface area (Å²) in [6.45, 7) is 0. The molecule has 0 amide bonds. The van der Waals surface area contributed by atoms with E-state index < -0.39 is 10.0 Å². The lowest BCUT2D eigenvalue weighted by Crippen LogP contribution is -2.11. The molecule has 1 aromatic heterocycles. The summed E-state index contributed by atoms with van der Waals surface area (Å²) < 4.78 is 28.3. The number of hydrogen-bond donors (Lipinski definition) is 2. The first-order valence-corrected chi connectivity index (χ1v) is 10.2. The summed E-state index contributed by atoms with van der Waals surface area (Å²) in [6, 6.07) is 17.4. The molecule has 3 aromatic carbocycles. The minimum atomic E-state index is -3.74. The molecule has 0 fully saturated rings. The number of methoxy groups -OCH3 is 1. The molecule has 0 unspecified atom stereocenters. The number of aromatic nitrogens is 1. The molecular formula is C20H17Cl2N3O3S. The number of pyridine rings is 1. The lowest BCUT2D eigenvalue weighted by atomic mass is 10.1. The van der Waals surface area contributed by atoms with Gasteiger partial charge in [-0.3, -0.25) is 0 Å². The first-order valence-electron chi connectivity index (χ1n) is 8.32. The fourth-order valence-corrected chi connectivity index (χ4v) is 3.71. The smallest absolute Gasteiger partial charge is 0.238 e. The van der Waals surface area contributed by atoms with Crippen molar-refractivity contribution in [1.82, 2.24) is 4.98 Å². The molecule has 0 bridgehead atoms. The summed E-state index contributed by atoms with van der Waals surface area (Å²) >= 11 is 6.14. The van der Waals surface area contributed by atoms with Crippen LogP contribution in [-0.4, -0.2) is 20.5 Å². The number of halogens is 2. The molecule has 4 aromatic rings. The van der Waals surface area contributed by atoms with Crippen LogP contribution in [0.5, 0.6) is 5.75 Å². The third-order valence-electron chi connectivity index (χ3n) is 4.40. The number of sulfonamides is 1. The Hall–Kier alpha value is -2.58. The number of primary sulfonamides is 1.